The summed E-state index contributed by atoms with van der Waals surface area (Å²) in [5, 5.41) is 3.30. The molecule has 1 aliphatic rings. The second kappa shape index (κ2) is 8.54. The predicted molar refractivity (Wildman–Crippen MR) is 104 cm³/mol. The molecule has 0 amide bonds. The molecule has 0 radical (unpaired) electrons. The molecule has 2 aromatic carbocycles. The molecule has 27 heavy (non-hydrogen) atoms. The Morgan fingerprint density at radius 1 is 1.07 bits per heavy atom. The van der Waals surface area contributed by atoms with Crippen LogP contribution in [0.1, 0.15) is 41.6 Å². The van der Waals surface area contributed by atoms with E-state index < -0.39 is 0 Å². The van der Waals surface area contributed by atoms with Crippen LogP contribution >= 0.6 is 0 Å². The zero-order chi connectivity index (χ0) is 19.2. The van der Waals surface area contributed by atoms with Crippen LogP contribution in [0.2, 0.25) is 0 Å². The number of ketones is 1. The van der Waals surface area contributed by atoms with E-state index >= 15 is 0 Å². The molecule has 0 saturated heterocycles. The van der Waals surface area contributed by atoms with Crippen molar-refractivity contribution in [2.75, 3.05) is 19.0 Å². The van der Waals surface area contributed by atoms with E-state index in [2.05, 4.69) is 5.32 Å². The van der Waals surface area contributed by atoms with Gasteiger partial charge in [0.2, 0.25) is 0 Å². The number of esters is 1. The lowest BCUT2D eigenvalue weighted by molar-refractivity contribution is -0.115. The summed E-state index contributed by atoms with van der Waals surface area (Å²) < 4.78 is 10.2. The predicted octanol–water partition coefficient (Wildman–Crippen LogP) is 4.31. The highest BCUT2D eigenvalue weighted by molar-refractivity contribution is 5.93. The molecular weight excluding hydrogens is 342 g/mol. The maximum Gasteiger partial charge on any atom is 0.338 e. The fourth-order valence-electron chi connectivity index (χ4n) is 3.18. The zero-order valence-electron chi connectivity index (χ0n) is 15.5. The average molecular weight is 365 g/mol. The van der Waals surface area contributed by atoms with E-state index in [0.29, 0.717) is 18.6 Å². The lowest BCUT2D eigenvalue weighted by atomic mass is 9.85. The average Bonchev–Trinajstić information content (AvgIpc) is 2.68. The number of anilines is 1. The minimum Gasteiger partial charge on any atom is -0.497 e. The molecular formula is C22H23NO4. The second-order valence-electron chi connectivity index (χ2n) is 6.44. The Balaban J connectivity index is 1.69. The van der Waals surface area contributed by atoms with Crippen LogP contribution in [0.15, 0.2) is 60.3 Å². The van der Waals surface area contributed by atoms with Gasteiger partial charge in [0.15, 0.2) is 5.78 Å². The summed E-state index contributed by atoms with van der Waals surface area (Å²) in [4.78, 5) is 23.9. The highest BCUT2D eigenvalue weighted by Gasteiger charge is 2.22. The van der Waals surface area contributed by atoms with Gasteiger partial charge in [0.1, 0.15) is 5.75 Å². The molecule has 5 heteroatoms. The number of allylic oxidation sites excluding steroid dienone is 2. The van der Waals surface area contributed by atoms with Gasteiger partial charge in [-0.1, -0.05) is 12.1 Å². The maximum atomic E-state index is 12.2. The van der Waals surface area contributed by atoms with Gasteiger partial charge >= 0.3 is 5.97 Å². The van der Waals surface area contributed by atoms with Crippen LogP contribution in [-0.4, -0.2) is 25.5 Å². The van der Waals surface area contributed by atoms with Crippen molar-refractivity contribution < 1.29 is 19.1 Å². The number of hydrogen-bond donors (Lipinski definition) is 1. The van der Waals surface area contributed by atoms with E-state index in [0.717, 1.165) is 29.1 Å². The van der Waals surface area contributed by atoms with Crippen molar-refractivity contribution >= 4 is 17.4 Å². The minimum atomic E-state index is -0.337. The summed E-state index contributed by atoms with van der Waals surface area (Å²) in [5.74, 6) is 0.703. The summed E-state index contributed by atoms with van der Waals surface area (Å²) >= 11 is 0. The first-order chi connectivity index (χ1) is 13.1. The van der Waals surface area contributed by atoms with Gasteiger partial charge in [0.25, 0.3) is 0 Å². The number of methoxy groups -OCH3 is 1. The number of benzene rings is 2. The monoisotopic (exact) mass is 365 g/mol. The molecule has 5 nitrogen and oxygen atoms in total. The van der Waals surface area contributed by atoms with Gasteiger partial charge < -0.3 is 14.8 Å². The van der Waals surface area contributed by atoms with Crippen LogP contribution in [0.4, 0.5) is 5.69 Å². The number of nitrogens with one attached hydrogen (secondary N) is 1. The highest BCUT2D eigenvalue weighted by Crippen LogP contribution is 2.32. The van der Waals surface area contributed by atoms with E-state index in [1.165, 1.54) is 0 Å². The molecule has 3 rings (SSSR count). The Morgan fingerprint density at radius 3 is 2.41 bits per heavy atom. The molecule has 0 aliphatic heterocycles. The van der Waals surface area contributed by atoms with E-state index in [9.17, 15) is 9.59 Å². The van der Waals surface area contributed by atoms with E-state index in [1.54, 1.807) is 32.2 Å². The Kier molecular flexibility index (Phi) is 5.91. The number of rotatable bonds is 6. The zero-order valence-corrected chi connectivity index (χ0v) is 15.5. The van der Waals surface area contributed by atoms with Gasteiger partial charge in [0.05, 0.1) is 19.3 Å². The molecule has 140 valence electrons. The van der Waals surface area contributed by atoms with Crippen LogP contribution < -0.4 is 10.1 Å². The Bertz CT molecular complexity index is 838. The molecule has 0 bridgehead atoms. The third-order valence-corrected chi connectivity index (χ3v) is 4.54. The van der Waals surface area contributed by atoms with Crippen LogP contribution in [0.5, 0.6) is 5.75 Å². The minimum absolute atomic E-state index is 0.104. The number of hydrogen-bond acceptors (Lipinski definition) is 5. The first-order valence-corrected chi connectivity index (χ1v) is 9.00. The summed E-state index contributed by atoms with van der Waals surface area (Å²) in [5.41, 5.74) is 3.33. The van der Waals surface area contributed by atoms with Crippen molar-refractivity contribution in [1.29, 1.82) is 0 Å². The van der Waals surface area contributed by atoms with Gasteiger partial charge in [-0.15, -0.1) is 0 Å². The molecule has 1 atom stereocenters. The Hall–Kier alpha value is -3.08. The standard InChI is InChI=1S/C22H23NO4/c1-3-27-22(25)16-4-8-18(9-5-16)23-19-12-17(13-20(24)14-19)15-6-10-21(26-2)11-7-15/h4-11,14,17,23H,3,12-13H2,1-2H3. The highest BCUT2D eigenvalue weighted by atomic mass is 16.5. The quantitative estimate of drug-likeness (QED) is 0.773. The van der Waals surface area contributed by atoms with Gasteiger partial charge in [0, 0.05) is 23.9 Å². The number of carbonyl (C=O) groups excluding carboxylic acids is 2. The van der Waals surface area contributed by atoms with Gasteiger partial charge in [-0.3, -0.25) is 4.79 Å². The fourth-order valence-corrected chi connectivity index (χ4v) is 3.18. The van der Waals surface area contributed by atoms with Crippen molar-refractivity contribution in [1.82, 2.24) is 0 Å². The maximum absolute atomic E-state index is 12.2. The fraction of sp³-hybridized carbons (Fsp3) is 0.273. The molecule has 1 aliphatic carbocycles. The molecule has 0 fully saturated rings. The lowest BCUT2D eigenvalue weighted by Gasteiger charge is -2.23. The summed E-state index contributed by atoms with van der Waals surface area (Å²) in [6.07, 6.45) is 2.91. The number of ether oxygens (including phenoxy) is 2. The number of carbonyl (C=O) groups is 2. The molecule has 2 aromatic rings. The van der Waals surface area contributed by atoms with Crippen molar-refractivity contribution in [3.05, 3.63) is 71.4 Å². The van der Waals surface area contributed by atoms with Gasteiger partial charge in [-0.2, -0.15) is 0 Å². The molecule has 0 heterocycles. The summed E-state index contributed by atoms with van der Waals surface area (Å²) in [7, 11) is 1.64. The first kappa shape index (κ1) is 18.7. The third kappa shape index (κ3) is 4.76. The molecule has 1 unspecified atom stereocenters. The van der Waals surface area contributed by atoms with Crippen LogP contribution in [0.3, 0.4) is 0 Å². The Labute approximate surface area is 159 Å². The third-order valence-electron chi connectivity index (χ3n) is 4.54. The van der Waals surface area contributed by atoms with E-state index in [4.69, 9.17) is 9.47 Å². The van der Waals surface area contributed by atoms with Crippen LogP contribution in [0.25, 0.3) is 0 Å². The van der Waals surface area contributed by atoms with Crippen LogP contribution in [-0.2, 0) is 9.53 Å². The molecule has 1 N–H and O–H groups in total. The van der Waals surface area contributed by atoms with Crippen molar-refractivity contribution in [3.8, 4) is 5.75 Å². The summed E-state index contributed by atoms with van der Waals surface area (Å²) in [6, 6.07) is 14.9. The SMILES string of the molecule is CCOC(=O)c1ccc(NC2=CC(=O)CC(c3ccc(OC)cc3)C2)cc1. The Morgan fingerprint density at radius 2 is 1.78 bits per heavy atom. The normalized spacial score (nSPS) is 16.4. The topological polar surface area (TPSA) is 64.6 Å². The van der Waals surface area contributed by atoms with Crippen LogP contribution in [0, 0.1) is 0 Å². The molecule has 0 spiro atoms. The molecule has 0 saturated carbocycles. The first-order valence-electron chi connectivity index (χ1n) is 9.00. The molecule has 0 aromatic heterocycles. The lowest BCUT2D eigenvalue weighted by Crippen LogP contribution is -2.16. The van der Waals surface area contributed by atoms with E-state index in [1.807, 2.05) is 36.4 Å². The van der Waals surface area contributed by atoms with Crippen molar-refractivity contribution in [2.45, 2.75) is 25.7 Å². The summed E-state index contributed by atoms with van der Waals surface area (Å²) in [6.45, 7) is 2.13. The van der Waals surface area contributed by atoms with Crippen molar-refractivity contribution in [2.24, 2.45) is 0 Å². The van der Waals surface area contributed by atoms with Crippen molar-refractivity contribution in [3.63, 3.8) is 0 Å². The van der Waals surface area contributed by atoms with E-state index in [-0.39, 0.29) is 17.7 Å². The largest absolute Gasteiger partial charge is 0.497 e. The second-order valence-corrected chi connectivity index (χ2v) is 6.44. The smallest absolute Gasteiger partial charge is 0.338 e. The van der Waals surface area contributed by atoms with Gasteiger partial charge in [-0.25, -0.2) is 4.79 Å². The van der Waals surface area contributed by atoms with Gasteiger partial charge in [-0.05, 0) is 61.2 Å².